The SMILES string of the molecule is FC(F)(F)c1cccc2c3c(n(CCc4cccnc4)c12)CC[NH2+]C3. The Morgan fingerprint density at radius 2 is 2.04 bits per heavy atom. The number of pyridine rings is 1. The summed E-state index contributed by atoms with van der Waals surface area (Å²) in [5, 5.41) is 2.90. The molecule has 0 radical (unpaired) electrons. The lowest BCUT2D eigenvalue weighted by Gasteiger charge is -2.16. The number of nitrogens with zero attached hydrogens (tertiary/aromatic N) is 2. The van der Waals surface area contributed by atoms with E-state index in [1.165, 1.54) is 12.1 Å². The number of quaternary nitrogens is 1. The van der Waals surface area contributed by atoms with Gasteiger partial charge in [-0.15, -0.1) is 0 Å². The van der Waals surface area contributed by atoms with E-state index in [1.54, 1.807) is 12.4 Å². The van der Waals surface area contributed by atoms with Crippen molar-refractivity contribution in [2.75, 3.05) is 6.54 Å². The second kappa shape index (κ2) is 6.19. The molecule has 2 aromatic heterocycles. The van der Waals surface area contributed by atoms with E-state index in [-0.39, 0.29) is 0 Å². The van der Waals surface area contributed by atoms with Gasteiger partial charge in [-0.05, 0) is 24.1 Å². The number of halogens is 3. The highest BCUT2D eigenvalue weighted by Gasteiger charge is 2.35. The summed E-state index contributed by atoms with van der Waals surface area (Å²) in [6.45, 7) is 2.19. The lowest BCUT2D eigenvalue weighted by Crippen LogP contribution is -2.84. The van der Waals surface area contributed by atoms with E-state index in [0.717, 1.165) is 41.7 Å². The summed E-state index contributed by atoms with van der Waals surface area (Å²) in [5.74, 6) is 0. The number of hydrogen-bond acceptors (Lipinski definition) is 1. The summed E-state index contributed by atoms with van der Waals surface area (Å²) < 4.78 is 42.7. The van der Waals surface area contributed by atoms with E-state index in [9.17, 15) is 13.2 Å². The summed E-state index contributed by atoms with van der Waals surface area (Å²) in [6.07, 6.45) is 0.592. The van der Waals surface area contributed by atoms with E-state index >= 15 is 0 Å². The van der Waals surface area contributed by atoms with Crippen LogP contribution >= 0.6 is 0 Å². The third-order valence-corrected chi connectivity index (χ3v) is 4.89. The van der Waals surface area contributed by atoms with E-state index in [2.05, 4.69) is 10.3 Å². The van der Waals surface area contributed by atoms with Gasteiger partial charge in [-0.3, -0.25) is 4.98 Å². The first kappa shape index (κ1) is 16.1. The van der Waals surface area contributed by atoms with Crippen molar-refractivity contribution in [1.82, 2.24) is 9.55 Å². The molecule has 0 bridgehead atoms. The highest BCUT2D eigenvalue weighted by atomic mass is 19.4. The molecule has 0 saturated carbocycles. The van der Waals surface area contributed by atoms with Gasteiger partial charge in [-0.25, -0.2) is 0 Å². The van der Waals surface area contributed by atoms with Gasteiger partial charge in [-0.2, -0.15) is 13.2 Å². The van der Waals surface area contributed by atoms with Crippen molar-refractivity contribution >= 4 is 10.9 Å². The molecule has 0 amide bonds. The van der Waals surface area contributed by atoms with Crippen molar-refractivity contribution in [1.29, 1.82) is 0 Å². The summed E-state index contributed by atoms with van der Waals surface area (Å²) in [4.78, 5) is 4.10. The summed E-state index contributed by atoms with van der Waals surface area (Å²) >= 11 is 0. The fourth-order valence-electron chi connectivity index (χ4n) is 3.79. The summed E-state index contributed by atoms with van der Waals surface area (Å²) in [5.41, 5.74) is 2.94. The van der Waals surface area contributed by atoms with Gasteiger partial charge in [0.25, 0.3) is 0 Å². The van der Waals surface area contributed by atoms with Crippen molar-refractivity contribution < 1.29 is 18.5 Å². The Morgan fingerprint density at radius 3 is 2.80 bits per heavy atom. The minimum Gasteiger partial charge on any atom is -0.343 e. The maximum Gasteiger partial charge on any atom is 0.418 e. The molecule has 1 aliphatic heterocycles. The Hall–Kier alpha value is -2.34. The minimum atomic E-state index is -4.35. The standard InChI is InChI=1S/C19H18F3N3/c20-19(21,22)16-5-1-4-14-15-12-24-9-6-17(15)25(18(14)16)10-7-13-3-2-8-23-11-13/h1-5,8,11,24H,6-7,9-10,12H2/p+1. The normalized spacial score (nSPS) is 14.7. The third-order valence-electron chi connectivity index (χ3n) is 4.89. The van der Waals surface area contributed by atoms with Gasteiger partial charge in [0.05, 0.1) is 17.6 Å². The highest BCUT2D eigenvalue weighted by Crippen LogP contribution is 2.38. The lowest BCUT2D eigenvalue weighted by molar-refractivity contribution is -0.673. The maximum absolute atomic E-state index is 13.6. The number of rotatable bonds is 3. The van der Waals surface area contributed by atoms with Crippen molar-refractivity contribution in [3.63, 3.8) is 0 Å². The fraction of sp³-hybridized carbons (Fsp3) is 0.316. The smallest absolute Gasteiger partial charge is 0.343 e. The van der Waals surface area contributed by atoms with E-state index in [4.69, 9.17) is 0 Å². The molecule has 25 heavy (non-hydrogen) atoms. The first-order valence-electron chi connectivity index (χ1n) is 8.46. The Kier molecular flexibility index (Phi) is 4.00. The number of nitrogens with two attached hydrogens (primary N) is 1. The molecule has 0 fully saturated rings. The molecule has 1 aliphatic rings. The van der Waals surface area contributed by atoms with Crippen LogP contribution in [0.5, 0.6) is 0 Å². The van der Waals surface area contributed by atoms with Crippen LogP contribution in [-0.4, -0.2) is 16.1 Å². The number of alkyl halides is 3. The molecular weight excluding hydrogens is 327 g/mol. The van der Waals surface area contributed by atoms with Crippen LogP contribution in [-0.2, 0) is 32.1 Å². The van der Waals surface area contributed by atoms with Crippen LogP contribution in [0.25, 0.3) is 10.9 Å². The first-order valence-corrected chi connectivity index (χ1v) is 8.46. The first-order chi connectivity index (χ1) is 12.1. The second-order valence-electron chi connectivity index (χ2n) is 6.42. The molecule has 0 atom stereocenters. The zero-order chi connectivity index (χ0) is 17.4. The maximum atomic E-state index is 13.6. The van der Waals surface area contributed by atoms with Crippen LogP contribution in [0.1, 0.15) is 22.4 Å². The number of para-hydroxylation sites is 1. The van der Waals surface area contributed by atoms with Crippen molar-refractivity contribution in [3.05, 3.63) is 65.1 Å². The molecule has 3 nitrogen and oxygen atoms in total. The van der Waals surface area contributed by atoms with Gasteiger partial charge in [0.1, 0.15) is 6.54 Å². The topological polar surface area (TPSA) is 34.4 Å². The number of hydrogen-bond donors (Lipinski definition) is 1. The van der Waals surface area contributed by atoms with Gasteiger partial charge in [0.15, 0.2) is 0 Å². The van der Waals surface area contributed by atoms with E-state index in [0.29, 0.717) is 18.5 Å². The van der Waals surface area contributed by atoms with Crippen LogP contribution in [0.3, 0.4) is 0 Å². The molecule has 0 unspecified atom stereocenters. The minimum absolute atomic E-state index is 0.333. The zero-order valence-electron chi connectivity index (χ0n) is 13.7. The number of aryl methyl sites for hydroxylation is 2. The Labute approximate surface area is 143 Å². The van der Waals surface area contributed by atoms with Crippen LogP contribution < -0.4 is 5.32 Å². The van der Waals surface area contributed by atoms with E-state index < -0.39 is 11.7 Å². The van der Waals surface area contributed by atoms with Gasteiger partial charge >= 0.3 is 6.18 Å². The number of aromatic nitrogens is 2. The third kappa shape index (κ3) is 2.91. The number of fused-ring (bicyclic) bond motifs is 3. The number of benzene rings is 1. The van der Waals surface area contributed by atoms with Gasteiger partial charge in [0, 0.05) is 42.0 Å². The average molecular weight is 346 g/mol. The van der Waals surface area contributed by atoms with Gasteiger partial charge < -0.3 is 9.88 Å². The molecular formula is C19H19F3N3+. The van der Waals surface area contributed by atoms with Crippen LogP contribution in [0, 0.1) is 0 Å². The fourth-order valence-corrected chi connectivity index (χ4v) is 3.79. The average Bonchev–Trinajstić information content (AvgIpc) is 2.94. The predicted molar refractivity (Wildman–Crippen MR) is 89.1 cm³/mol. The van der Waals surface area contributed by atoms with Gasteiger partial charge in [-0.1, -0.05) is 18.2 Å². The van der Waals surface area contributed by atoms with Crippen LogP contribution in [0.15, 0.2) is 42.7 Å². The Balaban J connectivity index is 1.86. The second-order valence-corrected chi connectivity index (χ2v) is 6.42. The molecule has 4 rings (SSSR count). The van der Waals surface area contributed by atoms with E-state index in [1.807, 2.05) is 22.8 Å². The molecule has 0 aliphatic carbocycles. The predicted octanol–water partition coefficient (Wildman–Crippen LogP) is 2.92. The molecule has 6 heteroatoms. The summed E-state index contributed by atoms with van der Waals surface area (Å²) in [7, 11) is 0. The molecule has 0 saturated heterocycles. The van der Waals surface area contributed by atoms with Crippen molar-refractivity contribution in [3.8, 4) is 0 Å². The Morgan fingerprint density at radius 1 is 1.16 bits per heavy atom. The molecule has 3 heterocycles. The molecule has 3 aromatic rings. The van der Waals surface area contributed by atoms with Crippen LogP contribution in [0.4, 0.5) is 13.2 Å². The molecule has 2 N–H and O–H groups in total. The largest absolute Gasteiger partial charge is 0.418 e. The van der Waals surface area contributed by atoms with Crippen molar-refractivity contribution in [2.24, 2.45) is 0 Å². The quantitative estimate of drug-likeness (QED) is 0.777. The molecule has 1 aromatic carbocycles. The van der Waals surface area contributed by atoms with Crippen molar-refractivity contribution in [2.45, 2.75) is 32.1 Å². The van der Waals surface area contributed by atoms with Gasteiger partial charge in [0.2, 0.25) is 0 Å². The Bertz CT molecular complexity index is 898. The summed E-state index contributed by atoms with van der Waals surface area (Å²) in [6, 6.07) is 8.35. The highest BCUT2D eigenvalue weighted by molar-refractivity contribution is 5.88. The monoisotopic (exact) mass is 346 g/mol. The molecule has 0 spiro atoms. The lowest BCUT2D eigenvalue weighted by atomic mass is 10.0. The molecule has 130 valence electrons. The zero-order valence-corrected chi connectivity index (χ0v) is 13.7. The van der Waals surface area contributed by atoms with Crippen LogP contribution in [0.2, 0.25) is 0 Å².